The number of hydrogen-bond donors (Lipinski definition) is 1. The zero-order valence-corrected chi connectivity index (χ0v) is 6.74. The van der Waals surface area contributed by atoms with Gasteiger partial charge in [0.2, 0.25) is 5.82 Å². The predicted molar refractivity (Wildman–Crippen MR) is 43.3 cm³/mol. The van der Waals surface area contributed by atoms with Crippen molar-refractivity contribution in [1.82, 2.24) is 4.98 Å². The van der Waals surface area contributed by atoms with Crippen molar-refractivity contribution in [2.75, 3.05) is 0 Å². The van der Waals surface area contributed by atoms with Crippen molar-refractivity contribution in [3.8, 4) is 0 Å². The Hall–Kier alpha value is -0.930. The summed E-state index contributed by atoms with van der Waals surface area (Å²) in [4.78, 5) is 3.95. The van der Waals surface area contributed by atoms with Gasteiger partial charge in [0.15, 0.2) is 0 Å². The smallest absolute Gasteiger partial charge is 0.227 e. The standard InChI is InChI=1S/C8H12N2O/c1-6(2)7-4-3-5-9-8(7)10-11/h3-6H,10H2,1-2H3. The molecule has 60 valence electrons. The zero-order valence-electron chi connectivity index (χ0n) is 6.74. The van der Waals surface area contributed by atoms with Gasteiger partial charge < -0.3 is 10.7 Å². The zero-order chi connectivity index (χ0) is 8.27. The summed E-state index contributed by atoms with van der Waals surface area (Å²) >= 11 is 0. The van der Waals surface area contributed by atoms with Crippen LogP contribution < -0.4 is 5.48 Å². The van der Waals surface area contributed by atoms with E-state index in [1.165, 1.54) is 0 Å². The van der Waals surface area contributed by atoms with Crippen molar-refractivity contribution in [2.45, 2.75) is 19.8 Å². The Kier molecular flexibility index (Phi) is 2.57. The molecule has 0 saturated carbocycles. The van der Waals surface area contributed by atoms with Gasteiger partial charge >= 0.3 is 0 Å². The largest absolute Gasteiger partial charge is 0.629 e. The van der Waals surface area contributed by atoms with E-state index in [1.807, 2.05) is 26.0 Å². The Balaban J connectivity index is 3.02. The van der Waals surface area contributed by atoms with Crippen molar-refractivity contribution in [3.05, 3.63) is 29.1 Å². The minimum absolute atomic E-state index is 0.365. The molecule has 2 N–H and O–H groups in total. The molecule has 0 fully saturated rings. The number of aromatic nitrogens is 1. The molecule has 3 nitrogen and oxygen atoms in total. The van der Waals surface area contributed by atoms with Crippen LogP contribution in [0, 0.1) is 5.21 Å². The van der Waals surface area contributed by atoms with Crippen molar-refractivity contribution in [3.63, 3.8) is 0 Å². The monoisotopic (exact) mass is 152 g/mol. The number of rotatable bonds is 2. The van der Waals surface area contributed by atoms with Crippen LogP contribution in [0.3, 0.4) is 0 Å². The molecule has 0 spiro atoms. The van der Waals surface area contributed by atoms with Gasteiger partial charge in [0.25, 0.3) is 0 Å². The van der Waals surface area contributed by atoms with Gasteiger partial charge in [-0.3, -0.25) is 0 Å². The van der Waals surface area contributed by atoms with E-state index in [0.29, 0.717) is 11.7 Å². The van der Waals surface area contributed by atoms with Gasteiger partial charge in [-0.2, -0.15) is 0 Å². The lowest BCUT2D eigenvalue weighted by Crippen LogP contribution is -2.71. The SMILES string of the molecule is CC(C)c1cccnc1[NH2+][O-]. The molecule has 1 heterocycles. The van der Waals surface area contributed by atoms with Crippen molar-refractivity contribution < 1.29 is 5.48 Å². The highest BCUT2D eigenvalue weighted by atomic mass is 16.5. The molecule has 0 amide bonds. The molecular weight excluding hydrogens is 140 g/mol. The van der Waals surface area contributed by atoms with Gasteiger partial charge in [-0.15, -0.1) is 0 Å². The van der Waals surface area contributed by atoms with Crippen LogP contribution in [0.2, 0.25) is 0 Å². The molecule has 0 aliphatic carbocycles. The summed E-state index contributed by atoms with van der Waals surface area (Å²) in [6, 6.07) is 3.78. The van der Waals surface area contributed by atoms with Crippen LogP contribution in [0.1, 0.15) is 25.3 Å². The Morgan fingerprint density at radius 3 is 2.73 bits per heavy atom. The Morgan fingerprint density at radius 1 is 1.55 bits per heavy atom. The van der Waals surface area contributed by atoms with Crippen LogP contribution in [0.4, 0.5) is 5.82 Å². The van der Waals surface area contributed by atoms with E-state index in [2.05, 4.69) is 4.98 Å². The summed E-state index contributed by atoms with van der Waals surface area (Å²) in [6.45, 7) is 4.09. The van der Waals surface area contributed by atoms with Gasteiger partial charge in [-0.05, 0) is 18.1 Å². The molecule has 1 aromatic heterocycles. The molecule has 0 bridgehead atoms. The van der Waals surface area contributed by atoms with Crippen LogP contribution >= 0.6 is 0 Å². The van der Waals surface area contributed by atoms with Crippen LogP contribution in [0.25, 0.3) is 0 Å². The van der Waals surface area contributed by atoms with E-state index in [9.17, 15) is 5.21 Å². The third-order valence-electron chi connectivity index (χ3n) is 1.60. The van der Waals surface area contributed by atoms with Gasteiger partial charge in [-0.25, -0.2) is 4.98 Å². The van der Waals surface area contributed by atoms with Crippen LogP contribution in [0.5, 0.6) is 0 Å². The minimum Gasteiger partial charge on any atom is -0.629 e. The normalized spacial score (nSPS) is 10.5. The highest BCUT2D eigenvalue weighted by molar-refractivity contribution is 5.33. The third kappa shape index (κ3) is 1.76. The molecule has 0 aromatic carbocycles. The summed E-state index contributed by atoms with van der Waals surface area (Å²) < 4.78 is 0. The van der Waals surface area contributed by atoms with Gasteiger partial charge in [0, 0.05) is 11.8 Å². The summed E-state index contributed by atoms with van der Waals surface area (Å²) in [5.74, 6) is 0.923. The van der Waals surface area contributed by atoms with Crippen LogP contribution in [0.15, 0.2) is 18.3 Å². The highest BCUT2D eigenvalue weighted by Gasteiger charge is 2.06. The second-order valence-electron chi connectivity index (χ2n) is 2.75. The summed E-state index contributed by atoms with van der Waals surface area (Å²) in [5.41, 5.74) is 1.82. The van der Waals surface area contributed by atoms with Gasteiger partial charge in [0.05, 0.1) is 0 Å². The maximum atomic E-state index is 10.5. The molecule has 0 radical (unpaired) electrons. The quantitative estimate of drug-likeness (QED) is 0.640. The number of nitrogens with zero attached hydrogens (tertiary/aromatic N) is 1. The molecule has 0 aliphatic rings. The second-order valence-corrected chi connectivity index (χ2v) is 2.75. The van der Waals surface area contributed by atoms with Crippen molar-refractivity contribution in [1.29, 1.82) is 0 Å². The topological polar surface area (TPSA) is 52.6 Å². The molecule has 0 atom stereocenters. The molecule has 0 saturated heterocycles. The predicted octanol–water partition coefficient (Wildman–Crippen LogP) is 0.898. The number of hydrogen-bond acceptors (Lipinski definition) is 2. The van der Waals surface area contributed by atoms with E-state index in [4.69, 9.17) is 0 Å². The number of pyridine rings is 1. The summed E-state index contributed by atoms with van der Waals surface area (Å²) in [6.07, 6.45) is 1.63. The lowest BCUT2D eigenvalue weighted by Gasteiger charge is -2.08. The first-order valence-corrected chi connectivity index (χ1v) is 3.65. The lowest BCUT2D eigenvalue weighted by atomic mass is 10.1. The third-order valence-corrected chi connectivity index (χ3v) is 1.60. The fourth-order valence-electron chi connectivity index (χ4n) is 1.02. The van der Waals surface area contributed by atoms with E-state index < -0.39 is 0 Å². The van der Waals surface area contributed by atoms with E-state index in [-0.39, 0.29) is 0 Å². The van der Waals surface area contributed by atoms with Crippen LogP contribution in [-0.2, 0) is 0 Å². The maximum absolute atomic E-state index is 10.5. The Morgan fingerprint density at radius 2 is 2.27 bits per heavy atom. The summed E-state index contributed by atoms with van der Waals surface area (Å²) in [7, 11) is 0. The van der Waals surface area contributed by atoms with Gasteiger partial charge in [0.1, 0.15) is 0 Å². The number of nitrogens with two attached hydrogens (primary N) is 1. The van der Waals surface area contributed by atoms with E-state index in [1.54, 1.807) is 6.20 Å². The molecule has 1 rings (SSSR count). The molecule has 3 heteroatoms. The Bertz CT molecular complexity index is 235. The second kappa shape index (κ2) is 3.46. The first-order chi connectivity index (χ1) is 5.25. The molecule has 0 unspecified atom stereocenters. The van der Waals surface area contributed by atoms with Crippen LogP contribution in [-0.4, -0.2) is 4.98 Å². The lowest BCUT2D eigenvalue weighted by molar-refractivity contribution is -0.502. The average Bonchev–Trinajstić information content (AvgIpc) is 2.04. The van der Waals surface area contributed by atoms with Crippen molar-refractivity contribution >= 4 is 5.82 Å². The first-order valence-electron chi connectivity index (χ1n) is 3.65. The average molecular weight is 152 g/mol. The Labute approximate surface area is 66.0 Å². The number of quaternary nitrogens is 1. The highest BCUT2D eigenvalue weighted by Crippen LogP contribution is 2.17. The molecular formula is C8H12N2O. The first kappa shape index (κ1) is 8.17. The fraction of sp³-hybridized carbons (Fsp3) is 0.375. The maximum Gasteiger partial charge on any atom is 0.227 e. The molecule has 11 heavy (non-hydrogen) atoms. The molecule has 1 aromatic rings. The van der Waals surface area contributed by atoms with E-state index >= 15 is 0 Å². The summed E-state index contributed by atoms with van der Waals surface area (Å²) in [5, 5.41) is 10.5. The van der Waals surface area contributed by atoms with Gasteiger partial charge in [-0.1, -0.05) is 13.8 Å². The minimum atomic E-state index is 0.365. The molecule has 0 aliphatic heterocycles. The van der Waals surface area contributed by atoms with Crippen molar-refractivity contribution in [2.24, 2.45) is 0 Å². The van der Waals surface area contributed by atoms with E-state index in [0.717, 1.165) is 11.0 Å². The fourth-order valence-corrected chi connectivity index (χ4v) is 1.02.